The minimum absolute atomic E-state index is 0.583. The van der Waals surface area contributed by atoms with Crippen LogP contribution in [0.5, 0.6) is 0 Å². The van der Waals surface area contributed by atoms with Crippen LogP contribution in [0.2, 0.25) is 0 Å². The van der Waals surface area contributed by atoms with Crippen molar-refractivity contribution in [2.24, 2.45) is 0 Å². The van der Waals surface area contributed by atoms with Crippen LogP contribution in [0.25, 0.3) is 95.0 Å². The first kappa shape index (κ1) is 27.5. The fraction of sp³-hybridized carbons (Fsp3) is 0. The zero-order valence-corrected chi connectivity index (χ0v) is 26.5. The second-order valence-electron chi connectivity index (χ2n) is 12.5. The Kier molecular flexibility index (Phi) is 6.15. The lowest BCUT2D eigenvalue weighted by Gasteiger charge is -2.13. The molecule has 0 amide bonds. The molecule has 10 bridgehead atoms. The van der Waals surface area contributed by atoms with Crippen LogP contribution in [-0.2, 0) is 0 Å². The van der Waals surface area contributed by atoms with Gasteiger partial charge in [0.05, 0.1) is 11.0 Å². The van der Waals surface area contributed by atoms with Gasteiger partial charge in [0, 0.05) is 21.9 Å². The van der Waals surface area contributed by atoms with Crippen molar-refractivity contribution in [2.75, 3.05) is 0 Å². The molecule has 7 aromatic carbocycles. The van der Waals surface area contributed by atoms with Crippen molar-refractivity contribution in [3.05, 3.63) is 170 Å². The maximum Gasteiger partial charge on any atom is 0.238 e. The van der Waals surface area contributed by atoms with E-state index in [2.05, 4.69) is 156 Å². The maximum absolute atomic E-state index is 5.26. The van der Waals surface area contributed by atoms with Crippen molar-refractivity contribution in [2.45, 2.75) is 0 Å². The average molecular weight is 625 g/mol. The molecule has 4 heteroatoms. The zero-order valence-electron chi connectivity index (χ0n) is 26.5. The highest BCUT2D eigenvalue weighted by atomic mass is 15.2. The van der Waals surface area contributed by atoms with E-state index in [1.54, 1.807) is 0 Å². The van der Waals surface area contributed by atoms with Crippen molar-refractivity contribution >= 4 is 21.8 Å². The molecule has 2 aromatic heterocycles. The Labute approximate surface area is 283 Å². The lowest BCUT2D eigenvalue weighted by atomic mass is 9.95. The van der Waals surface area contributed by atoms with Gasteiger partial charge in [-0.2, -0.15) is 9.97 Å². The molecule has 0 N–H and O–H groups in total. The highest BCUT2D eigenvalue weighted by Gasteiger charge is 2.21. The van der Waals surface area contributed by atoms with Gasteiger partial charge in [-0.3, -0.25) is 4.57 Å². The minimum Gasteiger partial charge on any atom is -0.278 e. The van der Waals surface area contributed by atoms with Crippen LogP contribution in [0.3, 0.4) is 0 Å². The molecular formula is C45H28N4. The molecule has 0 unspecified atom stereocenters. The number of nitrogens with zero attached hydrogens (tertiary/aromatic N) is 4. The summed E-state index contributed by atoms with van der Waals surface area (Å²) < 4.78 is 2.22. The molecule has 0 spiro atoms. The number of benzene rings is 7. The third kappa shape index (κ3) is 4.57. The average Bonchev–Trinajstić information content (AvgIpc) is 3.52. The predicted octanol–water partition coefficient (Wildman–Crippen LogP) is 11.3. The lowest BCUT2D eigenvalue weighted by Crippen LogP contribution is -2.06. The van der Waals surface area contributed by atoms with Crippen molar-refractivity contribution in [3.8, 4) is 73.2 Å². The summed E-state index contributed by atoms with van der Waals surface area (Å²) in [6, 6.07) is 60.2. The van der Waals surface area contributed by atoms with Crippen LogP contribution in [0, 0.1) is 0 Å². The maximum atomic E-state index is 5.26. The largest absolute Gasteiger partial charge is 0.278 e. The number of rotatable bonds is 2. The summed E-state index contributed by atoms with van der Waals surface area (Å²) in [7, 11) is 0. The molecule has 0 saturated heterocycles. The van der Waals surface area contributed by atoms with Gasteiger partial charge in [-0.15, -0.1) is 0 Å². The van der Waals surface area contributed by atoms with Crippen molar-refractivity contribution < 1.29 is 0 Å². The van der Waals surface area contributed by atoms with Gasteiger partial charge in [0.1, 0.15) is 0 Å². The Morgan fingerprint density at radius 3 is 1.45 bits per heavy atom. The molecule has 1 aliphatic rings. The van der Waals surface area contributed by atoms with Crippen molar-refractivity contribution in [1.82, 2.24) is 19.5 Å². The molecule has 1 aliphatic heterocycles. The van der Waals surface area contributed by atoms with Crippen molar-refractivity contribution in [3.63, 3.8) is 0 Å². The summed E-state index contributed by atoms with van der Waals surface area (Å²) in [6.45, 7) is 0. The Morgan fingerprint density at radius 1 is 0.327 bits per heavy atom. The van der Waals surface area contributed by atoms with Gasteiger partial charge in [-0.25, -0.2) is 4.98 Å². The van der Waals surface area contributed by atoms with E-state index in [-0.39, 0.29) is 0 Å². The van der Waals surface area contributed by atoms with E-state index >= 15 is 0 Å². The van der Waals surface area contributed by atoms with Gasteiger partial charge >= 0.3 is 0 Å². The highest BCUT2D eigenvalue weighted by molar-refractivity contribution is 6.16. The molecule has 0 fully saturated rings. The second kappa shape index (κ2) is 11.0. The molecule has 49 heavy (non-hydrogen) atoms. The third-order valence-electron chi connectivity index (χ3n) is 9.58. The van der Waals surface area contributed by atoms with Gasteiger partial charge < -0.3 is 0 Å². The van der Waals surface area contributed by atoms with Crippen molar-refractivity contribution in [1.29, 1.82) is 0 Å². The first-order valence-corrected chi connectivity index (χ1v) is 16.5. The standard InChI is InChI=1S/C45H28N4/c1-3-11-29(12-4-1)38-21-10-22-40-42(38)39-24-23-36-28-41(39)49(40)45-47-43(30-13-5-2-6-14-30)46-44(48-45)37-20-9-19-35(27-37)33-17-7-15-31(25-33)32-16-8-18-34(36)26-32/h1-28H. The Hall–Kier alpha value is -6.65. The topological polar surface area (TPSA) is 43.6 Å². The Morgan fingerprint density at radius 2 is 0.816 bits per heavy atom. The molecule has 9 aromatic rings. The number of aromatic nitrogens is 4. The molecular weight excluding hydrogens is 597 g/mol. The van der Waals surface area contributed by atoms with E-state index in [4.69, 9.17) is 15.0 Å². The molecule has 0 aliphatic carbocycles. The molecule has 3 heterocycles. The molecule has 0 radical (unpaired) electrons. The fourth-order valence-corrected chi connectivity index (χ4v) is 7.23. The van der Waals surface area contributed by atoms with Crippen LogP contribution in [-0.4, -0.2) is 19.5 Å². The summed E-state index contributed by atoms with van der Waals surface area (Å²) in [5.74, 6) is 1.84. The van der Waals surface area contributed by atoms with E-state index in [1.807, 2.05) is 18.2 Å². The SMILES string of the molecule is c1ccc(-c2nc3nc(n2)-n2c4cc(ccc4c4c(-c5ccccc5)cccc42)-c2cccc(c2)-c2cccc(c2)-c2cccc-3c2)cc1. The van der Waals surface area contributed by atoms with Crippen LogP contribution < -0.4 is 0 Å². The summed E-state index contributed by atoms with van der Waals surface area (Å²) in [5, 5.41) is 2.32. The van der Waals surface area contributed by atoms with E-state index in [1.165, 1.54) is 27.6 Å². The molecule has 0 saturated carbocycles. The zero-order chi connectivity index (χ0) is 32.3. The lowest BCUT2D eigenvalue weighted by molar-refractivity contribution is 0.953. The number of hydrogen-bond donors (Lipinski definition) is 0. The highest BCUT2D eigenvalue weighted by Crippen LogP contribution is 2.41. The summed E-state index contributed by atoms with van der Waals surface area (Å²) in [6.07, 6.45) is 0. The normalized spacial score (nSPS) is 11.7. The summed E-state index contributed by atoms with van der Waals surface area (Å²) in [4.78, 5) is 15.6. The van der Waals surface area contributed by atoms with Crippen LogP contribution in [0.4, 0.5) is 0 Å². The van der Waals surface area contributed by atoms with Crippen LogP contribution >= 0.6 is 0 Å². The molecule has 228 valence electrons. The van der Waals surface area contributed by atoms with Gasteiger partial charge in [0.25, 0.3) is 0 Å². The fourth-order valence-electron chi connectivity index (χ4n) is 7.23. The minimum atomic E-state index is 0.583. The molecule has 0 atom stereocenters. The van der Waals surface area contributed by atoms with Gasteiger partial charge in [0.2, 0.25) is 5.95 Å². The monoisotopic (exact) mass is 624 g/mol. The first-order chi connectivity index (χ1) is 24.3. The Balaban J connectivity index is 1.36. The number of fused-ring (bicyclic) bond motifs is 17. The van der Waals surface area contributed by atoms with E-state index in [9.17, 15) is 0 Å². The number of hydrogen-bond acceptors (Lipinski definition) is 3. The van der Waals surface area contributed by atoms with Gasteiger partial charge in [-0.05, 0) is 74.8 Å². The van der Waals surface area contributed by atoms with Gasteiger partial charge in [0.15, 0.2) is 11.6 Å². The van der Waals surface area contributed by atoms with E-state index < -0.39 is 0 Å². The smallest absolute Gasteiger partial charge is 0.238 e. The van der Waals surface area contributed by atoms with E-state index in [0.29, 0.717) is 17.6 Å². The quantitative estimate of drug-likeness (QED) is 0.192. The molecule has 4 nitrogen and oxygen atoms in total. The van der Waals surface area contributed by atoms with Gasteiger partial charge in [-0.1, -0.05) is 140 Å². The third-order valence-corrected chi connectivity index (χ3v) is 9.58. The second-order valence-corrected chi connectivity index (χ2v) is 12.5. The first-order valence-electron chi connectivity index (χ1n) is 16.5. The predicted molar refractivity (Wildman–Crippen MR) is 200 cm³/mol. The van der Waals surface area contributed by atoms with E-state index in [0.717, 1.165) is 49.8 Å². The molecule has 10 rings (SSSR count). The summed E-state index contributed by atoms with van der Waals surface area (Å²) in [5.41, 5.74) is 13.2. The van der Waals surface area contributed by atoms with Crippen LogP contribution in [0.15, 0.2) is 170 Å². The van der Waals surface area contributed by atoms with Crippen LogP contribution in [0.1, 0.15) is 0 Å². The summed E-state index contributed by atoms with van der Waals surface area (Å²) >= 11 is 0. The Bertz CT molecular complexity index is 2710.